The summed E-state index contributed by atoms with van der Waals surface area (Å²) in [5, 5.41) is 8.76. The zero-order valence-electron chi connectivity index (χ0n) is 9.84. The second-order valence-corrected chi connectivity index (χ2v) is 5.47. The number of benzene rings is 1. The second-order valence-electron chi connectivity index (χ2n) is 3.76. The molecule has 1 aromatic rings. The number of carboxylic acids is 1. The molecule has 0 heterocycles. The summed E-state index contributed by atoms with van der Waals surface area (Å²) < 4.78 is 50.9. The van der Waals surface area contributed by atoms with E-state index < -0.39 is 50.9 Å². The third-order valence-electron chi connectivity index (χ3n) is 2.20. The van der Waals surface area contributed by atoms with Gasteiger partial charge in [0.25, 0.3) is 0 Å². The van der Waals surface area contributed by atoms with Gasteiger partial charge < -0.3 is 10.8 Å². The van der Waals surface area contributed by atoms with Gasteiger partial charge in [0.1, 0.15) is 6.04 Å². The summed E-state index contributed by atoms with van der Waals surface area (Å²) in [5.74, 6) is -5.33. The number of nitrogens with one attached hydrogen (secondary N) is 1. The molecule has 0 radical (unpaired) electrons. The highest BCUT2D eigenvalue weighted by molar-refractivity contribution is 7.89. The first-order valence-corrected chi connectivity index (χ1v) is 6.60. The third-order valence-corrected chi connectivity index (χ3v) is 3.67. The van der Waals surface area contributed by atoms with Crippen LogP contribution in [0.3, 0.4) is 0 Å². The first-order valence-electron chi connectivity index (χ1n) is 5.12. The van der Waals surface area contributed by atoms with Gasteiger partial charge >= 0.3 is 5.97 Å². The fourth-order valence-electron chi connectivity index (χ4n) is 1.28. The number of carboxylic acid groups (broad SMARTS) is 1. The van der Waals surface area contributed by atoms with Gasteiger partial charge in [-0.2, -0.15) is 4.72 Å². The number of nitrogens with two attached hydrogens (primary N) is 1. The summed E-state index contributed by atoms with van der Waals surface area (Å²) in [5.41, 5.74) is 4.79. The van der Waals surface area contributed by atoms with Gasteiger partial charge in [0.15, 0.2) is 11.6 Å². The van der Waals surface area contributed by atoms with Gasteiger partial charge in [-0.25, -0.2) is 17.2 Å². The second kappa shape index (κ2) is 5.92. The van der Waals surface area contributed by atoms with Gasteiger partial charge in [0.2, 0.25) is 15.9 Å². The van der Waals surface area contributed by atoms with E-state index in [2.05, 4.69) is 0 Å². The highest BCUT2D eigenvalue weighted by Crippen LogP contribution is 2.14. The molecule has 1 rings (SSSR count). The van der Waals surface area contributed by atoms with E-state index in [0.29, 0.717) is 12.1 Å². The highest BCUT2D eigenvalue weighted by Gasteiger charge is 2.27. The lowest BCUT2D eigenvalue weighted by atomic mass is 10.2. The Labute approximate surface area is 112 Å². The predicted molar refractivity (Wildman–Crippen MR) is 61.9 cm³/mol. The quantitative estimate of drug-likeness (QED) is 0.657. The van der Waals surface area contributed by atoms with Gasteiger partial charge in [-0.15, -0.1) is 0 Å². The molecule has 0 aromatic heterocycles. The molecule has 10 heteroatoms. The Hall–Kier alpha value is -2.07. The number of aliphatic carboxylic acids is 1. The Balaban J connectivity index is 3.06. The minimum atomic E-state index is -4.43. The number of sulfonamides is 1. The zero-order valence-corrected chi connectivity index (χ0v) is 10.7. The smallest absolute Gasteiger partial charge is 0.322 e. The number of carbonyl (C=O) groups is 2. The van der Waals surface area contributed by atoms with Crippen molar-refractivity contribution >= 4 is 21.9 Å². The van der Waals surface area contributed by atoms with Crippen molar-refractivity contribution < 1.29 is 31.9 Å². The number of amides is 1. The number of rotatable bonds is 6. The van der Waals surface area contributed by atoms with Crippen molar-refractivity contribution in [2.24, 2.45) is 5.73 Å². The Morgan fingerprint density at radius 3 is 2.35 bits per heavy atom. The summed E-state index contributed by atoms with van der Waals surface area (Å²) in [6.07, 6.45) is -0.780. The van der Waals surface area contributed by atoms with Crippen LogP contribution < -0.4 is 10.5 Å². The SMILES string of the molecule is NC(=O)C[C@H](NS(=O)(=O)c1ccc(F)c(F)c1)C(=O)O. The summed E-state index contributed by atoms with van der Waals surface area (Å²) >= 11 is 0. The zero-order chi connectivity index (χ0) is 15.5. The molecule has 0 fully saturated rings. The number of hydrogen-bond acceptors (Lipinski definition) is 4. The summed E-state index contributed by atoms with van der Waals surface area (Å²) in [4.78, 5) is 20.8. The molecule has 0 bridgehead atoms. The molecule has 0 aliphatic rings. The number of primary amides is 1. The van der Waals surface area contributed by atoms with Crippen molar-refractivity contribution in [3.05, 3.63) is 29.8 Å². The molecule has 7 nitrogen and oxygen atoms in total. The largest absolute Gasteiger partial charge is 0.480 e. The molecule has 1 amide bonds. The van der Waals surface area contributed by atoms with Crippen LogP contribution in [0.1, 0.15) is 6.42 Å². The van der Waals surface area contributed by atoms with Crippen LogP contribution in [0, 0.1) is 11.6 Å². The monoisotopic (exact) mass is 308 g/mol. The first kappa shape index (κ1) is 16.0. The normalized spacial score (nSPS) is 12.9. The molecular weight excluding hydrogens is 298 g/mol. The lowest BCUT2D eigenvalue weighted by Gasteiger charge is -2.13. The molecule has 0 spiro atoms. The van der Waals surface area contributed by atoms with Crippen LogP contribution in [-0.4, -0.2) is 31.4 Å². The van der Waals surface area contributed by atoms with Gasteiger partial charge in [-0.1, -0.05) is 0 Å². The minimum Gasteiger partial charge on any atom is -0.480 e. The Bertz CT molecular complexity index is 647. The van der Waals surface area contributed by atoms with E-state index in [1.165, 1.54) is 0 Å². The van der Waals surface area contributed by atoms with Crippen molar-refractivity contribution in [2.45, 2.75) is 17.4 Å². The molecule has 0 unspecified atom stereocenters. The molecule has 4 N–H and O–H groups in total. The van der Waals surface area contributed by atoms with E-state index in [4.69, 9.17) is 10.8 Å². The molecule has 110 valence electrons. The Morgan fingerprint density at radius 1 is 1.30 bits per heavy atom. The highest BCUT2D eigenvalue weighted by atomic mass is 32.2. The molecular formula is C10H10F2N2O5S. The van der Waals surface area contributed by atoms with Crippen molar-refractivity contribution in [1.82, 2.24) is 4.72 Å². The third kappa shape index (κ3) is 3.96. The molecule has 0 saturated heterocycles. The maximum absolute atomic E-state index is 13.0. The van der Waals surface area contributed by atoms with Gasteiger partial charge in [0.05, 0.1) is 11.3 Å². The summed E-state index contributed by atoms with van der Waals surface area (Å²) in [6, 6.07) is -0.0796. The van der Waals surface area contributed by atoms with Crippen molar-refractivity contribution in [3.8, 4) is 0 Å². The Kier molecular flexibility index (Phi) is 4.73. The van der Waals surface area contributed by atoms with Crippen LogP contribution in [0.4, 0.5) is 8.78 Å². The average Bonchev–Trinajstić information content (AvgIpc) is 2.30. The molecule has 1 atom stereocenters. The summed E-state index contributed by atoms with van der Waals surface area (Å²) in [7, 11) is -4.43. The van der Waals surface area contributed by atoms with E-state index in [1.54, 1.807) is 4.72 Å². The minimum absolute atomic E-state index is 0.390. The van der Waals surface area contributed by atoms with E-state index in [9.17, 15) is 26.8 Å². The van der Waals surface area contributed by atoms with Gasteiger partial charge in [-0.3, -0.25) is 9.59 Å². The molecule has 20 heavy (non-hydrogen) atoms. The lowest BCUT2D eigenvalue weighted by Crippen LogP contribution is -2.43. The first-order chi connectivity index (χ1) is 9.13. The van der Waals surface area contributed by atoms with E-state index in [-0.39, 0.29) is 0 Å². The summed E-state index contributed by atoms with van der Waals surface area (Å²) in [6.45, 7) is 0. The Morgan fingerprint density at radius 2 is 1.90 bits per heavy atom. The average molecular weight is 308 g/mol. The van der Waals surface area contributed by atoms with Gasteiger partial charge in [0, 0.05) is 0 Å². The topological polar surface area (TPSA) is 127 Å². The fraction of sp³-hybridized carbons (Fsp3) is 0.200. The van der Waals surface area contributed by atoms with E-state index >= 15 is 0 Å². The number of carbonyl (C=O) groups excluding carboxylic acids is 1. The van der Waals surface area contributed by atoms with Gasteiger partial charge in [-0.05, 0) is 18.2 Å². The lowest BCUT2D eigenvalue weighted by molar-refractivity contribution is -0.140. The van der Waals surface area contributed by atoms with Crippen molar-refractivity contribution in [2.75, 3.05) is 0 Å². The molecule has 0 aliphatic carbocycles. The van der Waals surface area contributed by atoms with Crippen molar-refractivity contribution in [1.29, 1.82) is 0 Å². The maximum Gasteiger partial charge on any atom is 0.322 e. The van der Waals surface area contributed by atoms with Crippen LogP contribution in [-0.2, 0) is 19.6 Å². The van der Waals surface area contributed by atoms with E-state index in [0.717, 1.165) is 6.07 Å². The van der Waals surface area contributed by atoms with Crippen LogP contribution >= 0.6 is 0 Å². The molecule has 0 aliphatic heterocycles. The van der Waals surface area contributed by atoms with E-state index in [1.807, 2.05) is 0 Å². The van der Waals surface area contributed by atoms with Crippen molar-refractivity contribution in [3.63, 3.8) is 0 Å². The van der Waals surface area contributed by atoms with Crippen LogP contribution in [0.2, 0.25) is 0 Å². The standard InChI is InChI=1S/C10H10F2N2O5S/c11-6-2-1-5(3-7(6)12)20(18,19)14-8(10(16)17)4-9(13)15/h1-3,8,14H,4H2,(H2,13,15)(H,16,17)/t8-/m0/s1. The predicted octanol–water partition coefficient (Wildman–Crippen LogP) is -0.428. The molecule has 1 aromatic carbocycles. The fourth-order valence-corrected chi connectivity index (χ4v) is 2.48. The van der Waals surface area contributed by atoms with Crippen LogP contribution in [0.15, 0.2) is 23.1 Å². The van der Waals surface area contributed by atoms with Crippen LogP contribution in [0.25, 0.3) is 0 Å². The number of hydrogen-bond donors (Lipinski definition) is 3. The number of halogens is 2. The maximum atomic E-state index is 13.0. The molecule has 0 saturated carbocycles. The van der Waals surface area contributed by atoms with Crippen LogP contribution in [0.5, 0.6) is 0 Å².